The van der Waals surface area contributed by atoms with E-state index in [-0.39, 0.29) is 73.0 Å². The van der Waals surface area contributed by atoms with Gasteiger partial charge >= 0.3 is 35.8 Å². The van der Waals surface area contributed by atoms with Gasteiger partial charge in [-0.15, -0.1) is 0 Å². The van der Waals surface area contributed by atoms with Crippen LogP contribution in [-0.2, 0) is 57.2 Å². The molecule has 2 unspecified atom stereocenters. The number of hydrogen-bond acceptors (Lipinski definition) is 18. The van der Waals surface area contributed by atoms with E-state index >= 15 is 0 Å². The standard InChI is InChI=1S/C69H76N8O12/c1-15-84-65(80)55(41-70)37-51-17-25-57(26-18-51)74(11)43-69(44-75(12)58-27-19-52(20-28-58)38-56(42-71)66(81)85-16-2,45-76(13)59-29-21-53(22-30-59)39-61(72-9)67(82)86-35-33-49(7)88-63(78)47(3)4)46-77(14)60-31-23-54(24-32-60)40-62(73-10)68(83)87-36-34-50(8)89-64(79)48(5)6/h17-32,37-40,49-50H,3,5,15-16,33-36,43-46H2,1-2,4,6-8,11-14H3/b55-37+,56-38+,61-39-,62-40-. The molecule has 0 radical (unpaired) electrons. The number of anilines is 4. The second-order valence-electron chi connectivity index (χ2n) is 21.2. The number of nitrogens with zero attached hydrogens (tertiary/aromatic N) is 8. The first-order valence-corrected chi connectivity index (χ1v) is 28.5. The summed E-state index contributed by atoms with van der Waals surface area (Å²) in [5, 5.41) is 19.5. The van der Waals surface area contributed by atoms with Gasteiger partial charge in [-0.25, -0.2) is 28.9 Å². The van der Waals surface area contributed by atoms with Gasteiger partial charge in [-0.05, 0) is 137 Å². The molecule has 0 aliphatic carbocycles. The minimum absolute atomic E-state index is 0.0846. The predicted molar refractivity (Wildman–Crippen MR) is 343 cm³/mol. The van der Waals surface area contributed by atoms with Crippen molar-refractivity contribution in [2.75, 3.05) is 100 Å². The van der Waals surface area contributed by atoms with E-state index in [1.807, 2.05) is 113 Å². The molecule has 0 N–H and O–H groups in total. The lowest BCUT2D eigenvalue weighted by Gasteiger charge is -2.46. The number of carbonyl (C=O) groups is 6. The lowest BCUT2D eigenvalue weighted by atomic mass is 9.84. The smallest absolute Gasteiger partial charge is 0.348 e. The van der Waals surface area contributed by atoms with Crippen LogP contribution in [0.2, 0.25) is 0 Å². The van der Waals surface area contributed by atoms with E-state index in [4.69, 9.17) is 41.6 Å². The van der Waals surface area contributed by atoms with E-state index in [1.165, 1.54) is 38.2 Å². The molecule has 20 nitrogen and oxygen atoms in total. The fraction of sp³-hybridized carbons (Fsp3) is 0.333. The van der Waals surface area contributed by atoms with Crippen LogP contribution in [0.1, 0.15) is 76.6 Å². The molecule has 464 valence electrons. The highest BCUT2D eigenvalue weighted by molar-refractivity contribution is 5.99. The lowest BCUT2D eigenvalue weighted by Crippen LogP contribution is -2.55. The first-order valence-electron chi connectivity index (χ1n) is 28.5. The van der Waals surface area contributed by atoms with Crippen LogP contribution in [0, 0.1) is 41.2 Å². The predicted octanol–water partition coefficient (Wildman–Crippen LogP) is 10.9. The third-order valence-electron chi connectivity index (χ3n) is 13.6. The van der Waals surface area contributed by atoms with Crippen LogP contribution in [0.15, 0.2) is 144 Å². The number of carbonyl (C=O) groups excluding carboxylic acids is 6. The van der Waals surface area contributed by atoms with Gasteiger partial charge in [0.25, 0.3) is 11.4 Å². The minimum atomic E-state index is -0.825. The summed E-state index contributed by atoms with van der Waals surface area (Å²) in [4.78, 5) is 90.4. The summed E-state index contributed by atoms with van der Waals surface area (Å²) >= 11 is 0. The van der Waals surface area contributed by atoms with E-state index in [9.17, 15) is 39.3 Å². The Morgan fingerprint density at radius 2 is 0.753 bits per heavy atom. The number of nitriles is 2. The summed E-state index contributed by atoms with van der Waals surface area (Å²) in [6, 6.07) is 33.4. The molecule has 0 aliphatic heterocycles. The molecular weight excluding hydrogens is 1130 g/mol. The van der Waals surface area contributed by atoms with Gasteiger partial charge in [0.2, 0.25) is 0 Å². The van der Waals surface area contributed by atoms with Gasteiger partial charge in [0.05, 0.1) is 39.6 Å². The fourth-order valence-electron chi connectivity index (χ4n) is 9.06. The summed E-state index contributed by atoms with van der Waals surface area (Å²) in [7, 11) is 7.86. The Bertz CT molecular complexity index is 3250. The minimum Gasteiger partial charge on any atom is -0.470 e. The van der Waals surface area contributed by atoms with E-state index in [0.717, 1.165) is 22.7 Å². The lowest BCUT2D eigenvalue weighted by molar-refractivity contribution is -0.147. The average Bonchev–Trinajstić information content (AvgIpc) is 1.25. The molecular formula is C69H76N8O12. The Balaban J connectivity index is 1.80. The van der Waals surface area contributed by atoms with E-state index in [0.29, 0.717) is 48.4 Å². The maximum Gasteiger partial charge on any atom is 0.348 e. The average molecular weight is 1210 g/mol. The molecule has 4 aromatic carbocycles. The summed E-state index contributed by atoms with van der Waals surface area (Å²) in [6.45, 7) is 34.1. The zero-order valence-corrected chi connectivity index (χ0v) is 52.2. The third-order valence-corrected chi connectivity index (χ3v) is 13.6. The highest BCUT2D eigenvalue weighted by Gasteiger charge is 2.37. The Labute approximate surface area is 522 Å². The molecule has 0 aliphatic rings. The first-order chi connectivity index (χ1) is 42.4. The molecule has 0 spiro atoms. The normalized spacial score (nSPS) is 12.2. The number of ether oxygens (including phenoxy) is 6. The van der Waals surface area contributed by atoms with Gasteiger partial charge in [-0.1, -0.05) is 61.7 Å². The molecule has 0 fully saturated rings. The number of esters is 6. The van der Waals surface area contributed by atoms with Crippen LogP contribution in [0.3, 0.4) is 0 Å². The van der Waals surface area contributed by atoms with Crippen molar-refractivity contribution in [2.45, 2.75) is 66.6 Å². The third kappa shape index (κ3) is 22.6. The van der Waals surface area contributed by atoms with Crippen molar-refractivity contribution in [3.05, 3.63) is 189 Å². The SMILES string of the molecule is [C-]#[N+]/C(=C\c1ccc(N(C)CC(CN(C)c2ccc(/C=C(\[N+]#[C-])C(=O)OCCC(C)OC(=O)C(=C)C)cc2)(CN(C)c2ccc(/C=C(\C#N)C(=O)OCC)cc2)CN(C)c2ccc(/C=C(\C#N)C(=O)OCC)cc2)cc1)C(=O)OCCC(C)OC(=O)C(=C)C. The quantitative estimate of drug-likeness (QED) is 0.0146. The monoisotopic (exact) mass is 1210 g/mol. The van der Waals surface area contributed by atoms with Crippen molar-refractivity contribution in [1.82, 2.24) is 0 Å². The fourth-order valence-corrected chi connectivity index (χ4v) is 9.06. The summed E-state index contributed by atoms with van der Waals surface area (Å²) in [5.41, 5.74) is 4.58. The van der Waals surface area contributed by atoms with Crippen LogP contribution in [0.25, 0.3) is 34.0 Å². The van der Waals surface area contributed by atoms with Crippen LogP contribution in [0.5, 0.6) is 0 Å². The maximum absolute atomic E-state index is 13.1. The van der Waals surface area contributed by atoms with Crippen molar-refractivity contribution >= 4 is 82.9 Å². The van der Waals surface area contributed by atoms with Gasteiger partial charge in [-0.2, -0.15) is 10.5 Å². The largest absolute Gasteiger partial charge is 0.470 e. The molecule has 0 amide bonds. The van der Waals surface area contributed by atoms with E-state index in [1.54, 1.807) is 52.0 Å². The highest BCUT2D eigenvalue weighted by atomic mass is 16.6. The molecule has 89 heavy (non-hydrogen) atoms. The molecule has 4 rings (SSSR count). The highest BCUT2D eigenvalue weighted by Crippen LogP contribution is 2.33. The molecule has 0 bridgehead atoms. The van der Waals surface area contributed by atoms with Crippen molar-refractivity contribution in [1.29, 1.82) is 10.5 Å². The van der Waals surface area contributed by atoms with E-state index < -0.39 is 53.4 Å². The van der Waals surface area contributed by atoms with Crippen molar-refractivity contribution < 1.29 is 57.2 Å². The van der Waals surface area contributed by atoms with Crippen molar-refractivity contribution in [3.63, 3.8) is 0 Å². The Morgan fingerprint density at radius 1 is 0.483 bits per heavy atom. The molecule has 4 aromatic rings. The summed E-state index contributed by atoms with van der Waals surface area (Å²) in [6.07, 6.45) is 5.16. The summed E-state index contributed by atoms with van der Waals surface area (Å²) in [5.74, 6) is -4.21. The molecule has 0 heterocycles. The van der Waals surface area contributed by atoms with Gasteiger partial charge in [0.15, 0.2) is 0 Å². The van der Waals surface area contributed by atoms with E-state index in [2.05, 4.69) is 42.4 Å². The molecule has 20 heteroatoms. The number of rotatable bonds is 32. The Kier molecular flexibility index (Phi) is 27.9. The number of hydrogen-bond donors (Lipinski definition) is 0. The summed E-state index contributed by atoms with van der Waals surface area (Å²) < 4.78 is 31.5. The molecule has 0 aromatic heterocycles. The van der Waals surface area contributed by atoms with Crippen molar-refractivity contribution in [2.24, 2.45) is 5.41 Å². The van der Waals surface area contributed by atoms with Crippen LogP contribution in [0.4, 0.5) is 22.7 Å². The first kappa shape index (κ1) is 70.8. The van der Waals surface area contributed by atoms with Gasteiger partial charge in [0.1, 0.15) is 35.5 Å². The molecule has 2 atom stereocenters. The van der Waals surface area contributed by atoms with Gasteiger partial charge in [-0.3, -0.25) is 9.59 Å². The maximum atomic E-state index is 13.1. The van der Waals surface area contributed by atoms with Gasteiger partial charge < -0.3 is 48.0 Å². The zero-order valence-electron chi connectivity index (χ0n) is 52.2. The van der Waals surface area contributed by atoms with Crippen LogP contribution >= 0.6 is 0 Å². The Morgan fingerprint density at radius 3 is 0.989 bits per heavy atom. The molecule has 0 saturated carbocycles. The van der Waals surface area contributed by atoms with Crippen LogP contribution < -0.4 is 19.6 Å². The van der Waals surface area contributed by atoms with Crippen LogP contribution in [-0.4, -0.2) is 129 Å². The van der Waals surface area contributed by atoms with Crippen molar-refractivity contribution in [3.8, 4) is 12.1 Å². The second kappa shape index (κ2) is 35.1. The Hall–Kier alpha value is -10.7. The topological polar surface area (TPSA) is 227 Å². The molecule has 0 saturated heterocycles. The van der Waals surface area contributed by atoms with Gasteiger partial charge in [0, 0.05) is 107 Å². The second-order valence-corrected chi connectivity index (χ2v) is 21.2. The number of benzene rings is 4. The zero-order chi connectivity index (χ0) is 65.8.